The molecule has 0 aliphatic carbocycles. The Labute approximate surface area is 141 Å². The highest BCUT2D eigenvalue weighted by Crippen LogP contribution is 2.13. The van der Waals surface area contributed by atoms with Gasteiger partial charge in [0.1, 0.15) is 0 Å². The lowest BCUT2D eigenvalue weighted by molar-refractivity contribution is -0.122. The molecule has 1 unspecified atom stereocenters. The lowest BCUT2D eigenvalue weighted by Crippen LogP contribution is -2.46. The SMILES string of the molecule is CCCC(N)C(=O)NCCN1CCC(N(C)C)CC1.Cl.Cl. The van der Waals surface area contributed by atoms with Gasteiger partial charge in [-0.1, -0.05) is 13.3 Å². The molecule has 5 nitrogen and oxygen atoms in total. The smallest absolute Gasteiger partial charge is 0.236 e. The predicted molar refractivity (Wildman–Crippen MR) is 93.5 cm³/mol. The molecule has 0 spiro atoms. The van der Waals surface area contributed by atoms with Gasteiger partial charge in [0, 0.05) is 19.1 Å². The van der Waals surface area contributed by atoms with E-state index in [0.717, 1.165) is 32.5 Å². The van der Waals surface area contributed by atoms with Gasteiger partial charge in [0.05, 0.1) is 6.04 Å². The van der Waals surface area contributed by atoms with E-state index in [-0.39, 0.29) is 36.8 Å². The van der Waals surface area contributed by atoms with Crippen LogP contribution in [0.2, 0.25) is 0 Å². The van der Waals surface area contributed by atoms with Crippen molar-refractivity contribution < 1.29 is 4.79 Å². The van der Waals surface area contributed by atoms with Crippen LogP contribution >= 0.6 is 24.8 Å². The van der Waals surface area contributed by atoms with Crippen molar-refractivity contribution in [2.75, 3.05) is 40.3 Å². The largest absolute Gasteiger partial charge is 0.353 e. The van der Waals surface area contributed by atoms with Crippen LogP contribution in [0.25, 0.3) is 0 Å². The number of likely N-dealkylation sites (tertiary alicyclic amines) is 1. The van der Waals surface area contributed by atoms with Crippen LogP contribution in [0.1, 0.15) is 32.6 Å². The van der Waals surface area contributed by atoms with E-state index in [2.05, 4.69) is 29.2 Å². The van der Waals surface area contributed by atoms with E-state index >= 15 is 0 Å². The van der Waals surface area contributed by atoms with Gasteiger partial charge in [-0.05, 0) is 46.4 Å². The molecule has 128 valence electrons. The second kappa shape index (κ2) is 12.5. The van der Waals surface area contributed by atoms with Gasteiger partial charge in [-0.15, -0.1) is 24.8 Å². The standard InChI is InChI=1S/C14H30N4O.2ClH/c1-4-5-13(15)14(19)16-8-11-18-9-6-12(7-10-18)17(2)3;;/h12-13H,4-11,15H2,1-3H3,(H,16,19);2*1H. The summed E-state index contributed by atoms with van der Waals surface area (Å²) in [4.78, 5) is 16.4. The van der Waals surface area contributed by atoms with Crippen LogP contribution < -0.4 is 11.1 Å². The minimum Gasteiger partial charge on any atom is -0.353 e. The van der Waals surface area contributed by atoms with Gasteiger partial charge >= 0.3 is 0 Å². The molecule has 0 saturated carbocycles. The van der Waals surface area contributed by atoms with Crippen molar-refractivity contribution in [3.8, 4) is 0 Å². The first-order valence-corrected chi connectivity index (χ1v) is 7.46. The molecular weight excluding hydrogens is 311 g/mol. The number of nitrogens with zero attached hydrogens (tertiary/aromatic N) is 2. The number of piperidine rings is 1. The second-order valence-electron chi connectivity index (χ2n) is 5.72. The van der Waals surface area contributed by atoms with Gasteiger partial charge in [-0.3, -0.25) is 4.79 Å². The molecule has 1 amide bonds. The van der Waals surface area contributed by atoms with Crippen LogP contribution in [-0.4, -0.2) is 68.1 Å². The average Bonchev–Trinajstić information content (AvgIpc) is 2.39. The molecule has 1 aliphatic heterocycles. The first kappa shape index (κ1) is 23.2. The molecule has 1 rings (SSSR count). The van der Waals surface area contributed by atoms with Crippen LogP contribution in [0.5, 0.6) is 0 Å². The average molecular weight is 343 g/mol. The lowest BCUT2D eigenvalue weighted by Gasteiger charge is -2.35. The highest BCUT2D eigenvalue weighted by Gasteiger charge is 2.20. The zero-order valence-electron chi connectivity index (χ0n) is 13.5. The number of hydrogen-bond acceptors (Lipinski definition) is 4. The van der Waals surface area contributed by atoms with E-state index in [1.54, 1.807) is 0 Å². The van der Waals surface area contributed by atoms with Crippen molar-refractivity contribution in [1.29, 1.82) is 0 Å². The molecule has 21 heavy (non-hydrogen) atoms. The molecule has 1 saturated heterocycles. The van der Waals surface area contributed by atoms with Crippen LogP contribution in [-0.2, 0) is 4.79 Å². The van der Waals surface area contributed by atoms with Gasteiger partial charge in [0.2, 0.25) is 5.91 Å². The zero-order chi connectivity index (χ0) is 14.3. The van der Waals surface area contributed by atoms with Crippen molar-refractivity contribution in [2.45, 2.75) is 44.7 Å². The Morgan fingerprint density at radius 3 is 2.38 bits per heavy atom. The zero-order valence-corrected chi connectivity index (χ0v) is 15.1. The predicted octanol–water partition coefficient (Wildman–Crippen LogP) is 1.10. The van der Waals surface area contributed by atoms with Crippen molar-refractivity contribution in [2.24, 2.45) is 5.73 Å². The third-order valence-corrected chi connectivity index (χ3v) is 3.95. The Morgan fingerprint density at radius 1 is 1.33 bits per heavy atom. The monoisotopic (exact) mass is 342 g/mol. The third kappa shape index (κ3) is 8.83. The molecule has 0 aromatic carbocycles. The Hall–Kier alpha value is -0.0700. The molecule has 1 heterocycles. The normalized spacial score (nSPS) is 17.8. The number of carbonyl (C=O) groups excluding carboxylic acids is 1. The molecule has 3 N–H and O–H groups in total. The fourth-order valence-corrected chi connectivity index (χ4v) is 2.57. The fourth-order valence-electron chi connectivity index (χ4n) is 2.57. The summed E-state index contributed by atoms with van der Waals surface area (Å²) in [7, 11) is 4.30. The maximum Gasteiger partial charge on any atom is 0.236 e. The van der Waals surface area contributed by atoms with Crippen LogP contribution in [0.3, 0.4) is 0 Å². The summed E-state index contributed by atoms with van der Waals surface area (Å²) < 4.78 is 0. The van der Waals surface area contributed by atoms with Crippen molar-refractivity contribution in [3.63, 3.8) is 0 Å². The topological polar surface area (TPSA) is 61.6 Å². The number of halogens is 2. The molecular formula is C14H32Cl2N4O. The molecule has 0 aromatic heterocycles. The number of amides is 1. The quantitative estimate of drug-likeness (QED) is 0.727. The van der Waals surface area contributed by atoms with Gasteiger partial charge in [0.15, 0.2) is 0 Å². The summed E-state index contributed by atoms with van der Waals surface area (Å²) in [5.41, 5.74) is 5.77. The summed E-state index contributed by atoms with van der Waals surface area (Å²) in [5, 5.41) is 2.93. The van der Waals surface area contributed by atoms with Crippen LogP contribution in [0.15, 0.2) is 0 Å². The number of nitrogens with two attached hydrogens (primary N) is 1. The van der Waals surface area contributed by atoms with E-state index in [1.165, 1.54) is 12.8 Å². The first-order chi connectivity index (χ1) is 9.04. The van der Waals surface area contributed by atoms with Crippen molar-refractivity contribution in [3.05, 3.63) is 0 Å². The summed E-state index contributed by atoms with van der Waals surface area (Å²) in [5.74, 6) is -0.00923. The number of nitrogens with one attached hydrogen (secondary N) is 1. The Kier molecular flexibility index (Phi) is 13.8. The minimum absolute atomic E-state index is 0. The molecule has 1 fully saturated rings. The Morgan fingerprint density at radius 2 is 1.90 bits per heavy atom. The van der Waals surface area contributed by atoms with E-state index < -0.39 is 0 Å². The fraction of sp³-hybridized carbons (Fsp3) is 0.929. The van der Waals surface area contributed by atoms with Crippen LogP contribution in [0.4, 0.5) is 0 Å². The maximum atomic E-state index is 11.7. The molecule has 0 aromatic rings. The molecule has 0 bridgehead atoms. The third-order valence-electron chi connectivity index (χ3n) is 3.95. The van der Waals surface area contributed by atoms with Gasteiger partial charge in [-0.2, -0.15) is 0 Å². The van der Waals surface area contributed by atoms with Crippen molar-refractivity contribution in [1.82, 2.24) is 15.1 Å². The summed E-state index contributed by atoms with van der Waals surface area (Å²) >= 11 is 0. The summed E-state index contributed by atoms with van der Waals surface area (Å²) in [6.45, 7) is 5.94. The maximum absolute atomic E-state index is 11.7. The number of rotatable bonds is 7. The van der Waals surface area contributed by atoms with Gasteiger partial charge in [0.25, 0.3) is 0 Å². The van der Waals surface area contributed by atoms with E-state index in [1.807, 2.05) is 6.92 Å². The van der Waals surface area contributed by atoms with E-state index in [9.17, 15) is 4.79 Å². The lowest BCUT2D eigenvalue weighted by atomic mass is 10.0. The van der Waals surface area contributed by atoms with Crippen molar-refractivity contribution >= 4 is 30.7 Å². The summed E-state index contributed by atoms with van der Waals surface area (Å²) in [6, 6.07) is 0.369. The summed E-state index contributed by atoms with van der Waals surface area (Å²) in [6.07, 6.45) is 4.15. The molecule has 1 atom stereocenters. The number of hydrogen-bond donors (Lipinski definition) is 2. The Balaban J connectivity index is 0. The van der Waals surface area contributed by atoms with E-state index in [0.29, 0.717) is 12.6 Å². The first-order valence-electron chi connectivity index (χ1n) is 7.46. The second-order valence-corrected chi connectivity index (χ2v) is 5.72. The molecule has 1 aliphatic rings. The number of carbonyl (C=O) groups is 1. The van der Waals surface area contributed by atoms with Gasteiger partial charge in [-0.25, -0.2) is 0 Å². The highest BCUT2D eigenvalue weighted by molar-refractivity contribution is 5.85. The van der Waals surface area contributed by atoms with Crippen LogP contribution in [0, 0.1) is 0 Å². The van der Waals surface area contributed by atoms with E-state index in [4.69, 9.17) is 5.73 Å². The molecule has 7 heteroatoms. The minimum atomic E-state index is -0.343. The Bertz CT molecular complexity index is 272. The highest BCUT2D eigenvalue weighted by atomic mass is 35.5. The molecule has 0 radical (unpaired) electrons. The van der Waals surface area contributed by atoms with Gasteiger partial charge < -0.3 is 20.9 Å².